The molecule has 0 bridgehead atoms. The number of piperazine rings is 1. The number of pyridine rings is 1. The second kappa shape index (κ2) is 7.18. The molecule has 29 heavy (non-hydrogen) atoms. The van der Waals surface area contributed by atoms with Crippen LogP contribution in [0.15, 0.2) is 59.5 Å². The minimum absolute atomic E-state index is 0.191. The van der Waals surface area contributed by atoms with E-state index >= 15 is 0 Å². The number of H-pyrrole nitrogens is 1. The molecule has 0 atom stereocenters. The SMILES string of the molecule is CN1CCN(c2cccc(C3=NC(=Cc4c[nH]c5ncccc45)C(=O)N3)c2)CC1. The van der Waals surface area contributed by atoms with Gasteiger partial charge in [-0.05, 0) is 37.4 Å². The largest absolute Gasteiger partial charge is 0.369 e. The van der Waals surface area contributed by atoms with Gasteiger partial charge in [0.05, 0.1) is 0 Å². The van der Waals surface area contributed by atoms with Gasteiger partial charge in [0.25, 0.3) is 5.91 Å². The Kier molecular flexibility index (Phi) is 4.37. The Hall–Kier alpha value is -3.45. The Bertz CT molecular complexity index is 1140. The van der Waals surface area contributed by atoms with Crippen molar-refractivity contribution in [3.8, 4) is 0 Å². The lowest BCUT2D eigenvalue weighted by Gasteiger charge is -2.34. The number of hydrogen-bond donors (Lipinski definition) is 2. The third-order valence-corrected chi connectivity index (χ3v) is 5.46. The molecule has 146 valence electrons. The van der Waals surface area contributed by atoms with Gasteiger partial charge in [0, 0.05) is 60.8 Å². The van der Waals surface area contributed by atoms with Crippen molar-refractivity contribution in [2.75, 3.05) is 38.1 Å². The molecule has 1 fully saturated rings. The molecule has 0 radical (unpaired) electrons. The number of aromatic amines is 1. The van der Waals surface area contributed by atoms with Crippen molar-refractivity contribution in [2.24, 2.45) is 4.99 Å². The van der Waals surface area contributed by atoms with Crippen LogP contribution in [0.5, 0.6) is 0 Å². The zero-order valence-corrected chi connectivity index (χ0v) is 16.2. The van der Waals surface area contributed by atoms with Gasteiger partial charge in [-0.1, -0.05) is 12.1 Å². The summed E-state index contributed by atoms with van der Waals surface area (Å²) >= 11 is 0. The number of amidine groups is 1. The molecule has 2 N–H and O–H groups in total. The molecule has 2 aliphatic rings. The summed E-state index contributed by atoms with van der Waals surface area (Å²) < 4.78 is 0. The zero-order valence-electron chi connectivity index (χ0n) is 16.2. The smallest absolute Gasteiger partial charge is 0.275 e. The molecular weight excluding hydrogens is 364 g/mol. The second-order valence-electron chi connectivity index (χ2n) is 7.43. The van der Waals surface area contributed by atoms with E-state index in [0.717, 1.165) is 54.0 Å². The van der Waals surface area contributed by atoms with Crippen LogP contribution in [-0.2, 0) is 4.79 Å². The summed E-state index contributed by atoms with van der Waals surface area (Å²) in [6.45, 7) is 4.10. The zero-order chi connectivity index (χ0) is 19.8. The lowest BCUT2D eigenvalue weighted by Crippen LogP contribution is -2.44. The number of likely N-dealkylation sites (N-methyl/N-ethyl adjacent to an activating group) is 1. The summed E-state index contributed by atoms with van der Waals surface area (Å²) in [4.78, 5) is 29.2. The van der Waals surface area contributed by atoms with Gasteiger partial charge in [0.1, 0.15) is 17.2 Å². The molecule has 0 saturated carbocycles. The third-order valence-electron chi connectivity index (χ3n) is 5.46. The van der Waals surface area contributed by atoms with Crippen molar-refractivity contribution in [3.05, 3.63) is 65.6 Å². The Labute approximate surface area is 168 Å². The van der Waals surface area contributed by atoms with Gasteiger partial charge in [0.2, 0.25) is 0 Å². The molecule has 3 aromatic rings. The van der Waals surface area contributed by atoms with Crippen molar-refractivity contribution in [2.45, 2.75) is 0 Å². The standard InChI is InChI=1S/C22H22N6O/c1-27-8-10-28(11-9-27)17-5-2-4-15(12-17)20-25-19(22(29)26-20)13-16-14-24-21-18(16)6-3-7-23-21/h2-7,12-14H,8-11H2,1H3,(H,23,24)(H,25,26,29). The highest BCUT2D eigenvalue weighted by Crippen LogP contribution is 2.23. The topological polar surface area (TPSA) is 76.6 Å². The Morgan fingerprint density at radius 2 is 1.97 bits per heavy atom. The highest BCUT2D eigenvalue weighted by atomic mass is 16.2. The molecular formula is C22H22N6O. The quantitative estimate of drug-likeness (QED) is 0.677. The number of benzene rings is 1. The third kappa shape index (κ3) is 3.40. The fourth-order valence-corrected chi connectivity index (χ4v) is 3.76. The van der Waals surface area contributed by atoms with Crippen molar-refractivity contribution >= 4 is 34.5 Å². The Morgan fingerprint density at radius 3 is 2.83 bits per heavy atom. The Balaban J connectivity index is 1.43. The number of anilines is 1. The molecule has 2 aromatic heterocycles. The summed E-state index contributed by atoms with van der Waals surface area (Å²) in [6.07, 6.45) is 5.38. The fraction of sp³-hybridized carbons (Fsp3) is 0.227. The monoisotopic (exact) mass is 386 g/mol. The number of aliphatic imine (C=N–C) groups is 1. The van der Waals surface area contributed by atoms with Crippen molar-refractivity contribution in [3.63, 3.8) is 0 Å². The van der Waals surface area contributed by atoms with Crippen LogP contribution in [0.25, 0.3) is 17.1 Å². The first-order valence-electron chi connectivity index (χ1n) is 9.75. The predicted molar refractivity (Wildman–Crippen MR) is 115 cm³/mol. The molecule has 0 unspecified atom stereocenters. The molecule has 7 heteroatoms. The first kappa shape index (κ1) is 17.6. The van der Waals surface area contributed by atoms with Crippen LogP contribution in [0.2, 0.25) is 0 Å². The maximum atomic E-state index is 12.5. The molecule has 1 saturated heterocycles. The molecule has 4 heterocycles. The molecule has 1 aromatic carbocycles. The average Bonchev–Trinajstić information content (AvgIpc) is 3.33. The summed E-state index contributed by atoms with van der Waals surface area (Å²) in [5, 5.41) is 3.87. The number of hydrogen-bond acceptors (Lipinski definition) is 5. The number of fused-ring (bicyclic) bond motifs is 1. The molecule has 0 aliphatic carbocycles. The molecule has 0 spiro atoms. The van der Waals surface area contributed by atoms with Crippen LogP contribution in [0.3, 0.4) is 0 Å². The van der Waals surface area contributed by atoms with Crippen molar-refractivity contribution in [1.82, 2.24) is 20.2 Å². The van der Waals surface area contributed by atoms with Gasteiger partial charge in [-0.3, -0.25) is 4.79 Å². The minimum Gasteiger partial charge on any atom is -0.369 e. The summed E-state index contributed by atoms with van der Waals surface area (Å²) in [5.74, 6) is 0.401. The van der Waals surface area contributed by atoms with Gasteiger partial charge in [-0.2, -0.15) is 0 Å². The van der Waals surface area contributed by atoms with E-state index in [4.69, 9.17) is 0 Å². The number of nitrogens with zero attached hydrogens (tertiary/aromatic N) is 4. The van der Waals surface area contributed by atoms with Gasteiger partial charge in [-0.15, -0.1) is 0 Å². The summed E-state index contributed by atoms with van der Waals surface area (Å²) in [5.41, 5.74) is 4.16. The number of nitrogens with one attached hydrogen (secondary N) is 2. The predicted octanol–water partition coefficient (Wildman–Crippen LogP) is 2.23. The van der Waals surface area contributed by atoms with E-state index < -0.39 is 0 Å². The van der Waals surface area contributed by atoms with E-state index in [1.807, 2.05) is 30.5 Å². The van der Waals surface area contributed by atoms with Crippen LogP contribution in [0, 0.1) is 0 Å². The summed E-state index contributed by atoms with van der Waals surface area (Å²) in [7, 11) is 2.15. The Morgan fingerprint density at radius 1 is 1.10 bits per heavy atom. The van der Waals surface area contributed by atoms with Crippen molar-refractivity contribution < 1.29 is 4.79 Å². The minimum atomic E-state index is -0.191. The van der Waals surface area contributed by atoms with E-state index in [9.17, 15) is 4.79 Å². The highest BCUT2D eigenvalue weighted by molar-refractivity contribution is 6.20. The average molecular weight is 386 g/mol. The summed E-state index contributed by atoms with van der Waals surface area (Å²) in [6, 6.07) is 12.1. The van der Waals surface area contributed by atoms with Crippen LogP contribution in [0.4, 0.5) is 5.69 Å². The maximum Gasteiger partial charge on any atom is 0.275 e. The van der Waals surface area contributed by atoms with E-state index in [0.29, 0.717) is 11.5 Å². The van der Waals surface area contributed by atoms with Gasteiger partial charge in [-0.25, -0.2) is 9.98 Å². The molecule has 5 rings (SSSR count). The van der Waals surface area contributed by atoms with E-state index in [1.54, 1.807) is 12.3 Å². The van der Waals surface area contributed by atoms with E-state index in [1.165, 1.54) is 0 Å². The van der Waals surface area contributed by atoms with E-state index in [2.05, 4.69) is 49.3 Å². The van der Waals surface area contributed by atoms with Crippen LogP contribution in [-0.4, -0.2) is 59.8 Å². The first-order chi connectivity index (χ1) is 14.2. The number of rotatable bonds is 3. The normalized spacial score (nSPS) is 19.1. The molecule has 7 nitrogen and oxygen atoms in total. The van der Waals surface area contributed by atoms with Gasteiger partial charge >= 0.3 is 0 Å². The number of amides is 1. The lowest BCUT2D eigenvalue weighted by atomic mass is 10.1. The fourth-order valence-electron chi connectivity index (χ4n) is 3.76. The lowest BCUT2D eigenvalue weighted by molar-refractivity contribution is -0.115. The highest BCUT2D eigenvalue weighted by Gasteiger charge is 2.22. The van der Waals surface area contributed by atoms with Gasteiger partial charge in [0.15, 0.2) is 0 Å². The van der Waals surface area contributed by atoms with E-state index in [-0.39, 0.29) is 5.91 Å². The first-order valence-corrected chi connectivity index (χ1v) is 9.75. The number of aromatic nitrogens is 2. The molecule has 1 amide bonds. The number of carbonyl (C=O) groups excluding carboxylic acids is 1. The van der Waals surface area contributed by atoms with Crippen molar-refractivity contribution in [1.29, 1.82) is 0 Å². The molecule has 2 aliphatic heterocycles. The number of carbonyl (C=O) groups is 1. The van der Waals surface area contributed by atoms with Crippen LogP contribution >= 0.6 is 0 Å². The maximum absolute atomic E-state index is 12.5. The van der Waals surface area contributed by atoms with Crippen LogP contribution < -0.4 is 10.2 Å². The van der Waals surface area contributed by atoms with Gasteiger partial charge < -0.3 is 20.1 Å². The second-order valence-corrected chi connectivity index (χ2v) is 7.43. The van der Waals surface area contributed by atoms with Crippen LogP contribution in [0.1, 0.15) is 11.1 Å².